The standard InChI is InChI=1S/C12H22N4O3/c1-8(6-11(17)15-13)16-4-5-19-7-10(16)12(18)14-9-2-3-9/h8-10H,2-7,13H2,1H3,(H,14,18)(H,15,17). The van der Waals surface area contributed by atoms with Gasteiger partial charge in [0.1, 0.15) is 6.04 Å². The van der Waals surface area contributed by atoms with Crippen LogP contribution in [0.4, 0.5) is 0 Å². The van der Waals surface area contributed by atoms with Gasteiger partial charge in [-0.05, 0) is 19.8 Å². The van der Waals surface area contributed by atoms with E-state index in [1.54, 1.807) is 0 Å². The minimum atomic E-state index is -0.310. The first-order chi connectivity index (χ1) is 9.11. The molecule has 1 aliphatic carbocycles. The quantitative estimate of drug-likeness (QED) is 0.329. The number of amides is 2. The van der Waals surface area contributed by atoms with E-state index in [1.807, 2.05) is 11.8 Å². The second kappa shape index (κ2) is 6.31. The number of rotatable bonds is 5. The number of hydrazine groups is 1. The summed E-state index contributed by atoms with van der Waals surface area (Å²) in [6.07, 6.45) is 2.40. The van der Waals surface area contributed by atoms with E-state index in [2.05, 4.69) is 10.7 Å². The molecule has 2 unspecified atom stereocenters. The summed E-state index contributed by atoms with van der Waals surface area (Å²) in [5, 5.41) is 2.99. The van der Waals surface area contributed by atoms with Crippen molar-refractivity contribution in [3.8, 4) is 0 Å². The molecule has 1 saturated carbocycles. The maximum Gasteiger partial charge on any atom is 0.239 e. The molecule has 1 aliphatic heterocycles. The van der Waals surface area contributed by atoms with Gasteiger partial charge in [-0.1, -0.05) is 0 Å². The number of nitrogens with one attached hydrogen (secondary N) is 2. The average Bonchev–Trinajstić information content (AvgIpc) is 3.22. The molecule has 2 amide bonds. The van der Waals surface area contributed by atoms with Crippen LogP contribution < -0.4 is 16.6 Å². The van der Waals surface area contributed by atoms with Gasteiger partial charge < -0.3 is 10.1 Å². The van der Waals surface area contributed by atoms with Gasteiger partial charge in [0.2, 0.25) is 11.8 Å². The van der Waals surface area contributed by atoms with Gasteiger partial charge in [0, 0.05) is 25.0 Å². The van der Waals surface area contributed by atoms with E-state index in [4.69, 9.17) is 10.6 Å². The van der Waals surface area contributed by atoms with Crippen LogP contribution >= 0.6 is 0 Å². The number of hydrogen-bond acceptors (Lipinski definition) is 5. The van der Waals surface area contributed by atoms with Crippen molar-refractivity contribution in [3.05, 3.63) is 0 Å². The summed E-state index contributed by atoms with van der Waals surface area (Å²) in [5.41, 5.74) is 2.12. The Morgan fingerprint density at radius 3 is 2.84 bits per heavy atom. The van der Waals surface area contributed by atoms with E-state index in [-0.39, 0.29) is 30.3 Å². The van der Waals surface area contributed by atoms with Crippen molar-refractivity contribution < 1.29 is 14.3 Å². The molecule has 0 radical (unpaired) electrons. The fraction of sp³-hybridized carbons (Fsp3) is 0.833. The van der Waals surface area contributed by atoms with Gasteiger partial charge >= 0.3 is 0 Å². The molecule has 0 spiro atoms. The Bertz CT molecular complexity index is 346. The molecule has 2 rings (SSSR count). The molecule has 1 heterocycles. The number of morpholine rings is 1. The lowest BCUT2D eigenvalue weighted by molar-refractivity contribution is -0.136. The Balaban J connectivity index is 1.93. The van der Waals surface area contributed by atoms with E-state index in [0.29, 0.717) is 25.8 Å². The van der Waals surface area contributed by atoms with Crippen molar-refractivity contribution in [2.45, 2.75) is 44.3 Å². The third kappa shape index (κ3) is 3.89. The predicted octanol–water partition coefficient (Wildman–Crippen LogP) is -1.27. The van der Waals surface area contributed by atoms with Crippen LogP contribution in [-0.2, 0) is 14.3 Å². The topological polar surface area (TPSA) is 96.7 Å². The first kappa shape index (κ1) is 14.2. The Kier molecular flexibility index (Phi) is 4.73. The Morgan fingerprint density at radius 1 is 1.47 bits per heavy atom. The molecular formula is C12H22N4O3. The normalized spacial score (nSPS) is 25.7. The summed E-state index contributed by atoms with van der Waals surface area (Å²) in [4.78, 5) is 25.5. The molecule has 2 fully saturated rings. The molecule has 2 aliphatic rings. The van der Waals surface area contributed by atoms with Crippen molar-refractivity contribution in [1.29, 1.82) is 0 Å². The van der Waals surface area contributed by atoms with Crippen molar-refractivity contribution in [2.75, 3.05) is 19.8 Å². The maximum absolute atomic E-state index is 12.2. The van der Waals surface area contributed by atoms with E-state index >= 15 is 0 Å². The lowest BCUT2D eigenvalue weighted by atomic mass is 10.1. The fourth-order valence-corrected chi connectivity index (χ4v) is 2.34. The summed E-state index contributed by atoms with van der Waals surface area (Å²) >= 11 is 0. The molecule has 0 bridgehead atoms. The minimum Gasteiger partial charge on any atom is -0.378 e. The summed E-state index contributed by atoms with van der Waals surface area (Å²) in [6.45, 7) is 3.55. The second-order valence-electron chi connectivity index (χ2n) is 5.23. The third-order valence-corrected chi connectivity index (χ3v) is 3.60. The second-order valence-corrected chi connectivity index (χ2v) is 5.23. The minimum absolute atomic E-state index is 0.00204. The van der Waals surface area contributed by atoms with Crippen LogP contribution in [0, 0.1) is 0 Å². The zero-order valence-electron chi connectivity index (χ0n) is 11.2. The SMILES string of the molecule is CC(CC(=O)NN)N1CCOCC1C(=O)NC1CC1. The van der Waals surface area contributed by atoms with Crippen LogP contribution in [0.2, 0.25) is 0 Å². The third-order valence-electron chi connectivity index (χ3n) is 3.60. The highest BCUT2D eigenvalue weighted by molar-refractivity contribution is 5.83. The van der Waals surface area contributed by atoms with Crippen LogP contribution in [0.5, 0.6) is 0 Å². The highest BCUT2D eigenvalue weighted by Gasteiger charge is 2.35. The lowest BCUT2D eigenvalue weighted by Crippen LogP contribution is -2.57. The van der Waals surface area contributed by atoms with Gasteiger partial charge in [0.15, 0.2) is 0 Å². The Labute approximate surface area is 112 Å². The first-order valence-electron chi connectivity index (χ1n) is 6.75. The van der Waals surface area contributed by atoms with Crippen LogP contribution in [0.3, 0.4) is 0 Å². The van der Waals surface area contributed by atoms with Crippen molar-refractivity contribution in [3.63, 3.8) is 0 Å². The van der Waals surface area contributed by atoms with Gasteiger partial charge in [-0.3, -0.25) is 19.9 Å². The van der Waals surface area contributed by atoms with Crippen LogP contribution in [0.1, 0.15) is 26.2 Å². The maximum atomic E-state index is 12.2. The molecule has 0 aromatic heterocycles. The van der Waals surface area contributed by atoms with Crippen molar-refractivity contribution in [1.82, 2.24) is 15.6 Å². The monoisotopic (exact) mass is 270 g/mol. The Hall–Kier alpha value is -1.18. The molecule has 7 heteroatoms. The summed E-state index contributed by atoms with van der Waals surface area (Å²) in [6, 6.07) is -0.0174. The number of carbonyl (C=O) groups excluding carboxylic acids is 2. The van der Waals surface area contributed by atoms with E-state index in [9.17, 15) is 9.59 Å². The molecule has 0 aromatic carbocycles. The van der Waals surface area contributed by atoms with Gasteiger partial charge in [-0.25, -0.2) is 5.84 Å². The predicted molar refractivity (Wildman–Crippen MR) is 68.9 cm³/mol. The van der Waals surface area contributed by atoms with Gasteiger partial charge in [0.25, 0.3) is 0 Å². The highest BCUT2D eigenvalue weighted by Crippen LogP contribution is 2.20. The largest absolute Gasteiger partial charge is 0.378 e. The van der Waals surface area contributed by atoms with E-state index in [1.165, 1.54) is 0 Å². The van der Waals surface area contributed by atoms with Crippen LogP contribution in [0.15, 0.2) is 0 Å². The molecule has 7 nitrogen and oxygen atoms in total. The van der Waals surface area contributed by atoms with Crippen molar-refractivity contribution >= 4 is 11.8 Å². The first-order valence-corrected chi connectivity index (χ1v) is 6.75. The molecular weight excluding hydrogens is 248 g/mol. The summed E-state index contributed by atoms with van der Waals surface area (Å²) in [5.74, 6) is 4.88. The van der Waals surface area contributed by atoms with Crippen LogP contribution in [-0.4, -0.2) is 54.6 Å². The molecule has 2 atom stereocenters. The molecule has 108 valence electrons. The number of carbonyl (C=O) groups is 2. The highest BCUT2D eigenvalue weighted by atomic mass is 16.5. The number of nitrogens with two attached hydrogens (primary N) is 1. The fourth-order valence-electron chi connectivity index (χ4n) is 2.34. The zero-order chi connectivity index (χ0) is 13.8. The Morgan fingerprint density at radius 2 is 2.21 bits per heavy atom. The summed E-state index contributed by atoms with van der Waals surface area (Å²) in [7, 11) is 0. The average molecular weight is 270 g/mol. The van der Waals surface area contributed by atoms with E-state index in [0.717, 1.165) is 12.8 Å². The van der Waals surface area contributed by atoms with E-state index < -0.39 is 0 Å². The van der Waals surface area contributed by atoms with Crippen molar-refractivity contribution in [2.24, 2.45) is 5.84 Å². The van der Waals surface area contributed by atoms with Gasteiger partial charge in [-0.2, -0.15) is 0 Å². The number of ether oxygens (including phenoxy) is 1. The van der Waals surface area contributed by atoms with Gasteiger partial charge in [0.05, 0.1) is 13.2 Å². The number of nitrogens with zero attached hydrogens (tertiary/aromatic N) is 1. The smallest absolute Gasteiger partial charge is 0.239 e. The zero-order valence-corrected chi connectivity index (χ0v) is 11.2. The summed E-state index contributed by atoms with van der Waals surface area (Å²) < 4.78 is 5.39. The van der Waals surface area contributed by atoms with Gasteiger partial charge in [-0.15, -0.1) is 0 Å². The molecule has 0 aromatic rings. The lowest BCUT2D eigenvalue weighted by Gasteiger charge is -2.38. The number of hydrogen-bond donors (Lipinski definition) is 3. The molecule has 1 saturated heterocycles. The van der Waals surface area contributed by atoms with Crippen LogP contribution in [0.25, 0.3) is 0 Å². The molecule has 4 N–H and O–H groups in total. The molecule has 19 heavy (non-hydrogen) atoms.